The maximum Gasteiger partial charge on any atom is 0.191 e. The van der Waals surface area contributed by atoms with Gasteiger partial charge in [0, 0.05) is 22.2 Å². The van der Waals surface area contributed by atoms with Gasteiger partial charge in [-0.25, -0.2) is 4.99 Å². The van der Waals surface area contributed by atoms with E-state index in [-0.39, 0.29) is 24.0 Å². The maximum atomic E-state index is 6.13. The Morgan fingerprint density at radius 3 is 2.75 bits per heavy atom. The Morgan fingerprint density at radius 2 is 2.20 bits per heavy atom. The van der Waals surface area contributed by atoms with Crippen molar-refractivity contribution >= 4 is 64.1 Å². The van der Waals surface area contributed by atoms with Gasteiger partial charge in [-0.15, -0.1) is 24.0 Å². The van der Waals surface area contributed by atoms with Gasteiger partial charge in [0.2, 0.25) is 0 Å². The van der Waals surface area contributed by atoms with Gasteiger partial charge in [-0.2, -0.15) is 0 Å². The number of aliphatic imine (C=N–C) groups is 1. The van der Waals surface area contributed by atoms with E-state index in [9.17, 15) is 0 Å². The zero-order valence-corrected chi connectivity index (χ0v) is 16.6. The largest absolute Gasteiger partial charge is 0.496 e. The van der Waals surface area contributed by atoms with Gasteiger partial charge in [-0.05, 0) is 47.6 Å². The first-order valence-corrected chi connectivity index (χ1v) is 7.53. The van der Waals surface area contributed by atoms with E-state index in [1.54, 1.807) is 7.11 Å². The summed E-state index contributed by atoms with van der Waals surface area (Å²) in [5.74, 6) is 1.36. The van der Waals surface area contributed by atoms with Crippen LogP contribution in [0.3, 0.4) is 0 Å². The topological polar surface area (TPSA) is 50.9 Å². The molecule has 0 atom stereocenters. The standard InChI is InChI=1S/C13H17ClIN3O.HI/c1-18(9-3-4-9)13(16)17-7-8-5-10(14)11(15)6-12(8)19-2;/h5-6,9H,3-4,7H2,1-2H3,(H2,16,17);1H. The van der Waals surface area contributed by atoms with E-state index in [0.717, 1.165) is 14.9 Å². The van der Waals surface area contributed by atoms with Crippen molar-refractivity contribution in [2.75, 3.05) is 14.2 Å². The highest BCUT2D eigenvalue weighted by atomic mass is 127. The number of nitrogens with zero attached hydrogens (tertiary/aromatic N) is 2. The molecule has 0 heterocycles. The first kappa shape index (κ1) is 18.1. The molecule has 1 aliphatic rings. The molecule has 1 fully saturated rings. The molecule has 0 aromatic heterocycles. The average Bonchev–Trinajstić information content (AvgIpc) is 3.22. The van der Waals surface area contributed by atoms with E-state index in [2.05, 4.69) is 27.6 Å². The smallest absolute Gasteiger partial charge is 0.191 e. The van der Waals surface area contributed by atoms with Crippen LogP contribution in [0.4, 0.5) is 0 Å². The van der Waals surface area contributed by atoms with Crippen LogP contribution in [-0.2, 0) is 6.54 Å². The van der Waals surface area contributed by atoms with Crippen LogP contribution in [0.5, 0.6) is 5.75 Å². The molecule has 7 heteroatoms. The fraction of sp³-hybridized carbons (Fsp3) is 0.462. The Balaban J connectivity index is 0.00000200. The van der Waals surface area contributed by atoms with Crippen LogP contribution in [0.2, 0.25) is 5.02 Å². The van der Waals surface area contributed by atoms with Crippen molar-refractivity contribution in [3.63, 3.8) is 0 Å². The first-order chi connectivity index (χ1) is 9.02. The van der Waals surface area contributed by atoms with Crippen molar-refractivity contribution in [2.24, 2.45) is 10.7 Å². The van der Waals surface area contributed by atoms with Crippen molar-refractivity contribution < 1.29 is 4.74 Å². The van der Waals surface area contributed by atoms with Gasteiger partial charge in [-0.3, -0.25) is 0 Å². The van der Waals surface area contributed by atoms with Crippen LogP contribution < -0.4 is 10.5 Å². The van der Waals surface area contributed by atoms with Gasteiger partial charge in [-0.1, -0.05) is 11.6 Å². The summed E-state index contributed by atoms with van der Waals surface area (Å²) in [6.45, 7) is 0.475. The Morgan fingerprint density at radius 1 is 1.55 bits per heavy atom. The lowest BCUT2D eigenvalue weighted by molar-refractivity contribution is 0.409. The predicted octanol–water partition coefficient (Wildman–Crippen LogP) is 3.48. The molecule has 1 aromatic carbocycles. The average molecular weight is 522 g/mol. The summed E-state index contributed by atoms with van der Waals surface area (Å²) < 4.78 is 6.31. The zero-order chi connectivity index (χ0) is 14.0. The lowest BCUT2D eigenvalue weighted by Crippen LogP contribution is -2.35. The zero-order valence-electron chi connectivity index (χ0n) is 11.4. The monoisotopic (exact) mass is 521 g/mol. The molecule has 1 aliphatic carbocycles. The number of ether oxygens (including phenoxy) is 1. The number of hydrogen-bond donors (Lipinski definition) is 1. The van der Waals surface area contributed by atoms with Crippen molar-refractivity contribution in [3.05, 3.63) is 26.3 Å². The molecule has 0 saturated heterocycles. The third-order valence-corrected chi connectivity index (χ3v) is 4.71. The summed E-state index contributed by atoms with van der Waals surface area (Å²) in [5, 5.41) is 0.709. The van der Waals surface area contributed by atoms with Crippen molar-refractivity contribution in [1.29, 1.82) is 0 Å². The molecule has 0 radical (unpaired) electrons. The van der Waals surface area contributed by atoms with Crippen molar-refractivity contribution in [1.82, 2.24) is 4.90 Å². The number of rotatable bonds is 4. The van der Waals surface area contributed by atoms with Gasteiger partial charge in [0.25, 0.3) is 0 Å². The third kappa shape index (κ3) is 4.52. The molecule has 1 saturated carbocycles. The highest BCUT2D eigenvalue weighted by molar-refractivity contribution is 14.1. The Hall–Kier alpha value is 0.0400. The fourth-order valence-corrected chi connectivity index (χ4v) is 2.43. The number of hydrogen-bond acceptors (Lipinski definition) is 2. The van der Waals surface area contributed by atoms with E-state index in [0.29, 0.717) is 23.6 Å². The van der Waals surface area contributed by atoms with Crippen LogP contribution in [-0.4, -0.2) is 31.1 Å². The molecule has 112 valence electrons. The SMILES string of the molecule is COc1cc(I)c(Cl)cc1CN=C(N)N(C)C1CC1.I. The fourth-order valence-electron chi connectivity index (χ4n) is 1.81. The molecule has 1 aromatic rings. The van der Waals surface area contributed by atoms with E-state index >= 15 is 0 Å². The van der Waals surface area contributed by atoms with Crippen LogP contribution >= 0.6 is 58.2 Å². The molecule has 0 aliphatic heterocycles. The summed E-state index contributed by atoms with van der Waals surface area (Å²) in [5.41, 5.74) is 6.91. The molecule has 4 nitrogen and oxygen atoms in total. The summed E-state index contributed by atoms with van der Waals surface area (Å²) in [6.07, 6.45) is 2.40. The molecule has 2 N–H and O–H groups in total. The minimum Gasteiger partial charge on any atom is -0.496 e. The highest BCUT2D eigenvalue weighted by Crippen LogP contribution is 2.29. The Labute approximate surface area is 155 Å². The summed E-state index contributed by atoms with van der Waals surface area (Å²) >= 11 is 8.31. The number of halogens is 3. The molecule has 0 bridgehead atoms. The van der Waals surface area contributed by atoms with Crippen LogP contribution in [0.25, 0.3) is 0 Å². The predicted molar refractivity (Wildman–Crippen MR) is 102 cm³/mol. The van der Waals surface area contributed by atoms with Gasteiger partial charge in [0.05, 0.1) is 18.7 Å². The second kappa shape index (κ2) is 7.88. The molecular weight excluding hydrogens is 503 g/mol. The number of benzene rings is 1. The molecular formula is C13H18ClI2N3O. The lowest BCUT2D eigenvalue weighted by atomic mass is 10.2. The van der Waals surface area contributed by atoms with Gasteiger partial charge >= 0.3 is 0 Å². The summed E-state index contributed by atoms with van der Waals surface area (Å²) in [4.78, 5) is 6.44. The Bertz CT molecular complexity index is 507. The summed E-state index contributed by atoms with van der Waals surface area (Å²) in [6, 6.07) is 4.36. The molecule has 0 spiro atoms. The summed E-state index contributed by atoms with van der Waals surface area (Å²) in [7, 11) is 3.63. The molecule has 0 amide bonds. The quantitative estimate of drug-likeness (QED) is 0.375. The van der Waals surface area contributed by atoms with E-state index < -0.39 is 0 Å². The minimum absolute atomic E-state index is 0. The van der Waals surface area contributed by atoms with Crippen LogP contribution in [0.15, 0.2) is 17.1 Å². The van der Waals surface area contributed by atoms with E-state index in [1.165, 1.54) is 12.8 Å². The van der Waals surface area contributed by atoms with Gasteiger partial charge in [0.1, 0.15) is 5.75 Å². The third-order valence-electron chi connectivity index (χ3n) is 3.19. The normalized spacial score (nSPS) is 14.7. The van der Waals surface area contributed by atoms with E-state index in [4.69, 9.17) is 22.1 Å². The molecule has 2 rings (SSSR count). The lowest BCUT2D eigenvalue weighted by Gasteiger charge is -2.17. The number of nitrogens with two attached hydrogens (primary N) is 1. The van der Waals surface area contributed by atoms with Crippen LogP contribution in [0, 0.1) is 3.57 Å². The van der Waals surface area contributed by atoms with Crippen LogP contribution in [0.1, 0.15) is 18.4 Å². The first-order valence-electron chi connectivity index (χ1n) is 6.07. The van der Waals surface area contributed by atoms with E-state index in [1.807, 2.05) is 24.1 Å². The van der Waals surface area contributed by atoms with Gasteiger partial charge in [0.15, 0.2) is 5.96 Å². The minimum atomic E-state index is 0. The second-order valence-electron chi connectivity index (χ2n) is 4.59. The molecule has 20 heavy (non-hydrogen) atoms. The Kier molecular flexibility index (Phi) is 7.13. The van der Waals surface area contributed by atoms with Gasteiger partial charge < -0.3 is 15.4 Å². The maximum absolute atomic E-state index is 6.13. The second-order valence-corrected chi connectivity index (χ2v) is 6.16. The van der Waals surface area contributed by atoms with Crippen molar-refractivity contribution in [2.45, 2.75) is 25.4 Å². The highest BCUT2D eigenvalue weighted by Gasteiger charge is 2.27. The van der Waals surface area contributed by atoms with Crippen molar-refractivity contribution in [3.8, 4) is 5.75 Å². The molecule has 0 unspecified atom stereocenters. The number of methoxy groups -OCH3 is 1. The number of guanidine groups is 1.